The molecule has 9 nitrogen and oxygen atoms in total. The first-order valence-corrected chi connectivity index (χ1v) is 34.2. The number of carbonyl (C=O) groups excluding carboxylic acids is 2. The fraction of sp³-hybridized carbons (Fsp3) is 0.537. The molecule has 0 rings (SSSR count). The van der Waals surface area contributed by atoms with Crippen molar-refractivity contribution < 1.29 is 42.9 Å². The highest BCUT2D eigenvalue weighted by Crippen LogP contribution is 2.14. The summed E-state index contributed by atoms with van der Waals surface area (Å²) in [6.45, 7) is 4.57. The third-order valence-corrected chi connectivity index (χ3v) is 13.5. The van der Waals surface area contributed by atoms with Crippen LogP contribution in [0.5, 0.6) is 0 Å². The zero-order chi connectivity index (χ0) is 64.7. The van der Waals surface area contributed by atoms with Crippen molar-refractivity contribution in [1.82, 2.24) is 0 Å². The van der Waals surface area contributed by atoms with E-state index in [1.54, 1.807) is 0 Å². The smallest absolute Gasteiger partial charge is 0.361 e. The van der Waals surface area contributed by atoms with Crippen molar-refractivity contribution in [3.05, 3.63) is 207 Å². The van der Waals surface area contributed by atoms with Gasteiger partial charge in [-0.05, 0) is 148 Å². The summed E-state index contributed by atoms with van der Waals surface area (Å²) in [5, 5.41) is 9.74. The molecule has 0 radical (unpaired) electrons. The highest BCUT2D eigenvalue weighted by atomic mass is 16.7. The standard InChI is InChI=1S/C80H123NO8/c1-6-8-10-12-14-16-18-20-22-24-26-28-30-32-33-34-35-36-37-38-39-40-41-42-43-44-45-47-49-51-53-55-57-59-61-63-65-67-69-71-78(83)89-76(75-88-80(79(84)85)86-73-72-81(3,4)5)74-87-77(82)70-68-66-64-62-60-58-56-54-52-50-48-46-31-29-27-25-23-21-19-17-15-13-11-9-7-2/h8-11,14-17,20-23,26-29,32-33,35-36,38-39,41-42,44-46,48-49,51-52,54,58,60,76,80H,6-7,12-13,18-19,24-25,30-31,34,37,40,43,47,50,53,55-57,59,61-75H2,1-5H3/p+1/b10-8-,11-9-,16-14-,17-15-,22-20-,23-21-,28-26-,29-27-,33-32-,36-35-,39-38-,42-41-,45-44-,48-46-,51-49-,54-52-,60-58-. The fourth-order valence-corrected chi connectivity index (χ4v) is 8.37. The second-order valence-electron chi connectivity index (χ2n) is 23.0. The molecule has 0 amide bonds. The van der Waals surface area contributed by atoms with E-state index in [4.69, 9.17) is 18.9 Å². The minimum absolute atomic E-state index is 0.168. The van der Waals surface area contributed by atoms with Crippen molar-refractivity contribution in [1.29, 1.82) is 0 Å². The molecule has 0 aromatic heterocycles. The predicted molar refractivity (Wildman–Crippen MR) is 382 cm³/mol. The number of hydrogen-bond acceptors (Lipinski definition) is 7. The summed E-state index contributed by atoms with van der Waals surface area (Å²) >= 11 is 0. The SMILES string of the molecule is CC/C=C\C/C=C\C/C=C\C/C=C\C/C=C\C/C=C\C/C=C\C/C=C\C/C=C\C/C=C\CCCCCCCCCCC(=O)OC(COC(=O)CCCCC/C=C\C/C=C\C/C=C\C/C=C\C/C=C\C/C=C\C/C=C\CC)COC(OCC[N+](C)(C)C)C(=O)O. The van der Waals surface area contributed by atoms with Gasteiger partial charge < -0.3 is 28.5 Å². The van der Waals surface area contributed by atoms with Crippen LogP contribution in [0.3, 0.4) is 0 Å². The molecule has 0 heterocycles. The van der Waals surface area contributed by atoms with Gasteiger partial charge in [-0.1, -0.05) is 265 Å². The molecule has 0 saturated carbocycles. The summed E-state index contributed by atoms with van der Waals surface area (Å²) in [6.07, 6.45) is 104. The topological polar surface area (TPSA) is 108 Å². The van der Waals surface area contributed by atoms with E-state index in [-0.39, 0.29) is 38.6 Å². The van der Waals surface area contributed by atoms with Crippen molar-refractivity contribution >= 4 is 17.9 Å². The van der Waals surface area contributed by atoms with E-state index < -0.39 is 24.3 Å². The molecule has 1 N–H and O–H groups in total. The molecule has 0 saturated heterocycles. The number of carbonyl (C=O) groups is 3. The van der Waals surface area contributed by atoms with Gasteiger partial charge in [-0.2, -0.15) is 0 Å². The Morgan fingerprint density at radius 2 is 0.607 bits per heavy atom. The van der Waals surface area contributed by atoms with Crippen LogP contribution in [0.4, 0.5) is 0 Å². The van der Waals surface area contributed by atoms with Gasteiger partial charge in [0.1, 0.15) is 13.2 Å². The van der Waals surface area contributed by atoms with Crippen LogP contribution < -0.4 is 0 Å². The summed E-state index contributed by atoms with van der Waals surface area (Å²) in [5.74, 6) is -2.09. The van der Waals surface area contributed by atoms with Crippen LogP contribution in [0.2, 0.25) is 0 Å². The normalized spacial score (nSPS) is 14.0. The van der Waals surface area contributed by atoms with Gasteiger partial charge in [-0.15, -0.1) is 0 Å². The molecular weight excluding hydrogens is 1100 g/mol. The molecule has 0 aromatic carbocycles. The number of ether oxygens (including phenoxy) is 4. The van der Waals surface area contributed by atoms with Crippen LogP contribution in [0.25, 0.3) is 0 Å². The number of hydrogen-bond donors (Lipinski definition) is 1. The molecule has 0 aliphatic rings. The fourth-order valence-electron chi connectivity index (χ4n) is 8.37. The second-order valence-corrected chi connectivity index (χ2v) is 23.0. The Labute approximate surface area is 544 Å². The maximum atomic E-state index is 12.9. The lowest BCUT2D eigenvalue weighted by molar-refractivity contribution is -0.870. The van der Waals surface area contributed by atoms with Crippen molar-refractivity contribution in [2.45, 2.75) is 232 Å². The Morgan fingerprint density at radius 1 is 0.337 bits per heavy atom. The predicted octanol–water partition coefficient (Wildman–Crippen LogP) is 21.6. The maximum absolute atomic E-state index is 12.9. The lowest BCUT2D eigenvalue weighted by Gasteiger charge is -2.25. The number of nitrogens with zero attached hydrogens (tertiary/aromatic N) is 1. The largest absolute Gasteiger partial charge is 0.477 e. The van der Waals surface area contributed by atoms with Crippen LogP contribution in [0, 0.1) is 0 Å². The number of carboxylic acid groups (broad SMARTS) is 1. The first kappa shape index (κ1) is 82.9. The van der Waals surface area contributed by atoms with E-state index in [0.29, 0.717) is 23.9 Å². The molecule has 0 spiro atoms. The lowest BCUT2D eigenvalue weighted by atomic mass is 10.1. The van der Waals surface area contributed by atoms with Crippen molar-refractivity contribution in [3.63, 3.8) is 0 Å². The molecule has 0 aromatic rings. The van der Waals surface area contributed by atoms with Gasteiger partial charge in [0.25, 0.3) is 6.29 Å². The Hall–Kier alpha value is -6.13. The molecule has 0 aliphatic heterocycles. The minimum atomic E-state index is -1.54. The number of esters is 2. The number of rotatable bonds is 60. The third-order valence-electron chi connectivity index (χ3n) is 13.5. The third kappa shape index (κ3) is 69.2. The Kier molecular flexibility index (Phi) is 63.1. The van der Waals surface area contributed by atoms with E-state index in [2.05, 4.69) is 220 Å². The van der Waals surface area contributed by atoms with E-state index in [0.717, 1.165) is 154 Å². The van der Waals surface area contributed by atoms with Gasteiger partial charge in [0.2, 0.25) is 0 Å². The first-order chi connectivity index (χ1) is 43.6. The number of allylic oxidation sites excluding steroid dienone is 34. The molecule has 0 aliphatic carbocycles. The van der Waals surface area contributed by atoms with Crippen LogP contribution in [-0.2, 0) is 33.3 Å². The first-order valence-electron chi connectivity index (χ1n) is 34.2. The van der Waals surface area contributed by atoms with Gasteiger partial charge >= 0.3 is 17.9 Å². The average Bonchev–Trinajstić information content (AvgIpc) is 3.64. The summed E-state index contributed by atoms with van der Waals surface area (Å²) in [6, 6.07) is 0. The van der Waals surface area contributed by atoms with Crippen LogP contribution in [0.1, 0.15) is 219 Å². The van der Waals surface area contributed by atoms with Crippen LogP contribution in [0.15, 0.2) is 207 Å². The second kappa shape index (κ2) is 67.8. The van der Waals surface area contributed by atoms with Gasteiger partial charge in [-0.25, -0.2) is 4.79 Å². The summed E-state index contributed by atoms with van der Waals surface area (Å²) in [5.41, 5.74) is 0. The van der Waals surface area contributed by atoms with Crippen molar-refractivity contribution in [2.24, 2.45) is 0 Å². The quantitative estimate of drug-likeness (QED) is 0.0211. The summed E-state index contributed by atoms with van der Waals surface area (Å²) in [7, 11) is 5.94. The van der Waals surface area contributed by atoms with Crippen molar-refractivity contribution in [3.8, 4) is 0 Å². The van der Waals surface area contributed by atoms with Gasteiger partial charge in [0.15, 0.2) is 6.10 Å². The minimum Gasteiger partial charge on any atom is -0.477 e. The van der Waals surface area contributed by atoms with Crippen LogP contribution >= 0.6 is 0 Å². The zero-order valence-corrected chi connectivity index (χ0v) is 56.5. The van der Waals surface area contributed by atoms with Crippen LogP contribution in [-0.4, -0.2) is 87.4 Å². The molecule has 0 fully saturated rings. The van der Waals surface area contributed by atoms with Gasteiger partial charge in [0, 0.05) is 12.8 Å². The summed E-state index contributed by atoms with van der Waals surface area (Å²) in [4.78, 5) is 37.6. The Morgan fingerprint density at radius 3 is 0.910 bits per heavy atom. The molecule has 9 heteroatoms. The highest BCUT2D eigenvalue weighted by molar-refractivity contribution is 5.71. The number of carboxylic acids is 1. The molecule has 89 heavy (non-hydrogen) atoms. The molecule has 0 bridgehead atoms. The van der Waals surface area contributed by atoms with Crippen molar-refractivity contribution in [2.75, 3.05) is 47.5 Å². The average molecular weight is 1230 g/mol. The lowest BCUT2D eigenvalue weighted by Crippen LogP contribution is -2.40. The molecule has 2 atom stereocenters. The zero-order valence-electron chi connectivity index (χ0n) is 56.5. The molecule has 2 unspecified atom stereocenters. The maximum Gasteiger partial charge on any atom is 0.361 e. The highest BCUT2D eigenvalue weighted by Gasteiger charge is 2.25. The molecular formula is C80H124NO8+. The van der Waals surface area contributed by atoms with Gasteiger partial charge in [0.05, 0.1) is 34.4 Å². The van der Waals surface area contributed by atoms with E-state index >= 15 is 0 Å². The van der Waals surface area contributed by atoms with E-state index in [9.17, 15) is 19.5 Å². The molecule has 496 valence electrons. The van der Waals surface area contributed by atoms with Gasteiger partial charge in [-0.3, -0.25) is 9.59 Å². The van der Waals surface area contributed by atoms with E-state index in [1.807, 2.05) is 21.1 Å². The monoisotopic (exact) mass is 1230 g/mol. The van der Waals surface area contributed by atoms with E-state index in [1.165, 1.54) is 25.7 Å². The summed E-state index contributed by atoms with van der Waals surface area (Å²) < 4.78 is 22.9. The number of unbranched alkanes of at least 4 members (excludes halogenated alkanes) is 11. The number of likely N-dealkylation sites (N-methyl/N-ethyl adjacent to an activating group) is 1. The number of quaternary nitrogens is 1. The Bertz CT molecular complexity index is 2210. The Balaban J connectivity index is 4.28. The number of aliphatic carboxylic acids is 1.